The predicted molar refractivity (Wildman–Crippen MR) is 108 cm³/mol. The number of benzene rings is 1. The zero-order valence-corrected chi connectivity index (χ0v) is 16.2. The van der Waals surface area contributed by atoms with Crippen molar-refractivity contribution in [3.63, 3.8) is 0 Å². The Bertz CT molecular complexity index is 545. The molecule has 0 radical (unpaired) electrons. The second-order valence-electron chi connectivity index (χ2n) is 6.44. The van der Waals surface area contributed by atoms with Gasteiger partial charge in [-0.1, -0.05) is 35.9 Å². The summed E-state index contributed by atoms with van der Waals surface area (Å²) in [6, 6.07) is 8.68. The maximum absolute atomic E-state index is 5.96. The highest BCUT2D eigenvalue weighted by molar-refractivity contribution is 6.30. The average molecular weight is 363 g/mol. The second kappa shape index (κ2) is 11.2. The standard InChI is InChI=1S/C20H31ClN4/c1-3-5-6-13-23-20(22-4-2)24-19-11-14-25(15-12-19)16-17-7-9-18(21)10-8-17/h3,5,7-10,19H,4,6,11-16H2,1-2H3,(H2,22,23,24)/b5-3+. The van der Waals surface area contributed by atoms with Crippen LogP contribution in [-0.4, -0.2) is 43.1 Å². The Kier molecular flexibility index (Phi) is 8.84. The molecule has 2 rings (SSSR count). The Labute approximate surface area is 157 Å². The van der Waals surface area contributed by atoms with Crippen molar-refractivity contribution in [1.29, 1.82) is 0 Å². The van der Waals surface area contributed by atoms with Gasteiger partial charge in [-0.25, -0.2) is 0 Å². The second-order valence-corrected chi connectivity index (χ2v) is 6.88. The van der Waals surface area contributed by atoms with Crippen molar-refractivity contribution < 1.29 is 0 Å². The molecule has 0 amide bonds. The fraction of sp³-hybridized carbons (Fsp3) is 0.550. The van der Waals surface area contributed by atoms with Crippen LogP contribution in [0.15, 0.2) is 41.4 Å². The Morgan fingerprint density at radius 2 is 2.00 bits per heavy atom. The van der Waals surface area contributed by atoms with E-state index in [0.717, 1.165) is 63.0 Å². The van der Waals surface area contributed by atoms with Gasteiger partial charge in [0.1, 0.15) is 0 Å². The van der Waals surface area contributed by atoms with Crippen molar-refractivity contribution in [2.24, 2.45) is 4.99 Å². The average Bonchev–Trinajstić information content (AvgIpc) is 2.62. The molecule has 25 heavy (non-hydrogen) atoms. The number of hydrogen-bond donors (Lipinski definition) is 2. The number of hydrogen-bond acceptors (Lipinski definition) is 2. The van der Waals surface area contributed by atoms with Crippen molar-refractivity contribution in [3.8, 4) is 0 Å². The third-order valence-electron chi connectivity index (χ3n) is 4.39. The van der Waals surface area contributed by atoms with Gasteiger partial charge in [0.15, 0.2) is 5.96 Å². The molecule has 0 bridgehead atoms. The summed E-state index contributed by atoms with van der Waals surface area (Å²) in [6.45, 7) is 9.10. The summed E-state index contributed by atoms with van der Waals surface area (Å²) < 4.78 is 0. The van der Waals surface area contributed by atoms with E-state index in [1.54, 1.807) is 0 Å². The van der Waals surface area contributed by atoms with E-state index in [2.05, 4.69) is 51.7 Å². The number of allylic oxidation sites excluding steroid dienone is 1. The number of halogens is 1. The first-order valence-electron chi connectivity index (χ1n) is 9.34. The van der Waals surface area contributed by atoms with Crippen LogP contribution in [0.2, 0.25) is 5.02 Å². The van der Waals surface area contributed by atoms with Crippen LogP contribution in [0.25, 0.3) is 0 Å². The van der Waals surface area contributed by atoms with E-state index in [1.807, 2.05) is 19.1 Å². The molecule has 0 saturated carbocycles. The minimum Gasteiger partial charge on any atom is -0.357 e. The van der Waals surface area contributed by atoms with Gasteiger partial charge in [-0.15, -0.1) is 0 Å². The lowest BCUT2D eigenvalue weighted by Crippen LogP contribution is -2.48. The van der Waals surface area contributed by atoms with Crippen molar-refractivity contribution >= 4 is 17.6 Å². The zero-order valence-electron chi connectivity index (χ0n) is 15.5. The zero-order chi connectivity index (χ0) is 17.9. The van der Waals surface area contributed by atoms with E-state index in [9.17, 15) is 0 Å². The van der Waals surface area contributed by atoms with Gasteiger partial charge >= 0.3 is 0 Å². The molecule has 0 unspecified atom stereocenters. The Hall–Kier alpha value is -1.52. The Morgan fingerprint density at radius 3 is 2.64 bits per heavy atom. The monoisotopic (exact) mass is 362 g/mol. The molecule has 1 aromatic rings. The quantitative estimate of drug-likeness (QED) is 0.335. The molecule has 1 fully saturated rings. The molecular weight excluding hydrogens is 332 g/mol. The molecule has 0 aromatic heterocycles. The number of nitrogens with zero attached hydrogens (tertiary/aromatic N) is 2. The van der Waals surface area contributed by atoms with E-state index in [1.165, 1.54) is 5.56 Å². The van der Waals surface area contributed by atoms with Crippen LogP contribution in [0, 0.1) is 0 Å². The summed E-state index contributed by atoms with van der Waals surface area (Å²) in [5.74, 6) is 0.947. The number of piperidine rings is 1. The van der Waals surface area contributed by atoms with Crippen molar-refractivity contribution in [2.45, 2.75) is 45.7 Å². The van der Waals surface area contributed by atoms with Crippen LogP contribution < -0.4 is 10.6 Å². The summed E-state index contributed by atoms with van der Waals surface area (Å²) in [7, 11) is 0. The molecule has 0 spiro atoms. The minimum absolute atomic E-state index is 0.501. The molecule has 1 aliphatic heterocycles. The van der Waals surface area contributed by atoms with Gasteiger partial charge in [0.05, 0.1) is 0 Å². The number of likely N-dealkylation sites (tertiary alicyclic amines) is 1. The first-order chi connectivity index (χ1) is 12.2. The summed E-state index contributed by atoms with van der Waals surface area (Å²) in [5, 5.41) is 7.75. The Balaban J connectivity index is 1.76. The molecule has 1 aromatic carbocycles. The molecule has 4 nitrogen and oxygen atoms in total. The predicted octanol–water partition coefficient (Wildman–Crippen LogP) is 3.83. The molecule has 0 atom stereocenters. The van der Waals surface area contributed by atoms with Crippen LogP contribution in [0.4, 0.5) is 0 Å². The number of guanidine groups is 1. The third kappa shape index (κ3) is 7.49. The molecule has 0 aliphatic carbocycles. The SMILES string of the molecule is C/C=C/CCN=C(NCC)NC1CCN(Cc2ccc(Cl)cc2)CC1. The van der Waals surface area contributed by atoms with E-state index < -0.39 is 0 Å². The lowest BCUT2D eigenvalue weighted by molar-refractivity contribution is 0.198. The molecular formula is C20H31ClN4. The first-order valence-corrected chi connectivity index (χ1v) is 9.72. The number of aliphatic imine (C=N–C) groups is 1. The minimum atomic E-state index is 0.501. The fourth-order valence-electron chi connectivity index (χ4n) is 3.01. The van der Waals surface area contributed by atoms with Crippen LogP contribution in [0.3, 0.4) is 0 Å². The number of rotatable bonds is 7. The molecule has 138 valence electrons. The highest BCUT2D eigenvalue weighted by Gasteiger charge is 2.19. The van der Waals surface area contributed by atoms with E-state index in [-0.39, 0.29) is 0 Å². The fourth-order valence-corrected chi connectivity index (χ4v) is 3.14. The van der Waals surface area contributed by atoms with Gasteiger partial charge in [0, 0.05) is 43.8 Å². The van der Waals surface area contributed by atoms with Crippen LogP contribution in [0.5, 0.6) is 0 Å². The lowest BCUT2D eigenvalue weighted by Gasteiger charge is -2.33. The molecule has 2 N–H and O–H groups in total. The van der Waals surface area contributed by atoms with Gasteiger partial charge in [0.2, 0.25) is 0 Å². The summed E-state index contributed by atoms with van der Waals surface area (Å²) in [4.78, 5) is 7.17. The number of nitrogens with one attached hydrogen (secondary N) is 2. The maximum atomic E-state index is 5.96. The highest BCUT2D eigenvalue weighted by atomic mass is 35.5. The van der Waals surface area contributed by atoms with Crippen molar-refractivity contribution in [3.05, 3.63) is 47.0 Å². The van der Waals surface area contributed by atoms with E-state index in [0.29, 0.717) is 6.04 Å². The van der Waals surface area contributed by atoms with Gasteiger partial charge in [-0.05, 0) is 50.8 Å². The van der Waals surface area contributed by atoms with Gasteiger partial charge in [-0.2, -0.15) is 0 Å². The van der Waals surface area contributed by atoms with E-state index >= 15 is 0 Å². The van der Waals surface area contributed by atoms with Gasteiger partial charge in [-0.3, -0.25) is 9.89 Å². The third-order valence-corrected chi connectivity index (χ3v) is 4.65. The van der Waals surface area contributed by atoms with Crippen molar-refractivity contribution in [1.82, 2.24) is 15.5 Å². The lowest BCUT2D eigenvalue weighted by atomic mass is 10.0. The molecule has 1 aliphatic rings. The smallest absolute Gasteiger partial charge is 0.191 e. The first kappa shape index (κ1) is 19.8. The highest BCUT2D eigenvalue weighted by Crippen LogP contribution is 2.15. The summed E-state index contributed by atoms with van der Waals surface area (Å²) in [6.07, 6.45) is 7.51. The van der Waals surface area contributed by atoms with Crippen molar-refractivity contribution in [2.75, 3.05) is 26.2 Å². The summed E-state index contributed by atoms with van der Waals surface area (Å²) >= 11 is 5.96. The normalized spacial score (nSPS) is 17.2. The molecule has 5 heteroatoms. The van der Waals surface area contributed by atoms with Gasteiger partial charge in [0.25, 0.3) is 0 Å². The summed E-state index contributed by atoms with van der Waals surface area (Å²) in [5.41, 5.74) is 1.33. The van der Waals surface area contributed by atoms with Crippen LogP contribution in [-0.2, 0) is 6.54 Å². The maximum Gasteiger partial charge on any atom is 0.191 e. The van der Waals surface area contributed by atoms with Crippen LogP contribution in [0.1, 0.15) is 38.7 Å². The van der Waals surface area contributed by atoms with Crippen LogP contribution >= 0.6 is 11.6 Å². The topological polar surface area (TPSA) is 39.7 Å². The van der Waals surface area contributed by atoms with E-state index in [4.69, 9.17) is 11.6 Å². The largest absolute Gasteiger partial charge is 0.357 e. The molecule has 1 heterocycles. The molecule has 1 saturated heterocycles. The Morgan fingerprint density at radius 1 is 1.28 bits per heavy atom. The van der Waals surface area contributed by atoms with Gasteiger partial charge < -0.3 is 10.6 Å².